The maximum absolute atomic E-state index is 13.9. The van der Waals surface area contributed by atoms with Gasteiger partial charge in [0.15, 0.2) is 11.1 Å². The van der Waals surface area contributed by atoms with Gasteiger partial charge in [-0.3, -0.25) is 9.98 Å². The lowest BCUT2D eigenvalue weighted by Crippen LogP contribution is -2.20. The number of fused-ring (bicyclic) bond motifs is 1. The second kappa shape index (κ2) is 7.14. The molecule has 3 heterocycles. The normalized spacial score (nSPS) is 15.2. The first-order chi connectivity index (χ1) is 14.6. The molecule has 0 amide bonds. The molecule has 0 unspecified atom stereocenters. The monoisotopic (exact) mass is 407 g/mol. The van der Waals surface area contributed by atoms with Gasteiger partial charge in [0.1, 0.15) is 17.3 Å². The molecule has 1 aliphatic carbocycles. The third-order valence-corrected chi connectivity index (χ3v) is 4.79. The van der Waals surface area contributed by atoms with E-state index in [0.29, 0.717) is 27.7 Å². The van der Waals surface area contributed by atoms with Crippen LogP contribution < -0.4 is 21.7 Å². The number of benzene rings is 1. The minimum absolute atomic E-state index is 0.224. The summed E-state index contributed by atoms with van der Waals surface area (Å²) in [5.41, 5.74) is 1.36. The first-order valence-corrected chi connectivity index (χ1v) is 9.50. The number of nitrogens with one attached hydrogen (secondary N) is 3. The maximum atomic E-state index is 13.9. The number of imidazole rings is 1. The fourth-order valence-corrected chi connectivity index (χ4v) is 3.11. The summed E-state index contributed by atoms with van der Waals surface area (Å²) < 4.78 is 15.6. The highest BCUT2D eigenvalue weighted by Gasteiger charge is 2.20. The van der Waals surface area contributed by atoms with Crippen molar-refractivity contribution in [3.05, 3.63) is 74.8 Å². The summed E-state index contributed by atoms with van der Waals surface area (Å²) in [7, 11) is 0. The van der Waals surface area contributed by atoms with Gasteiger partial charge in [0.25, 0.3) is 0 Å². The average molecular weight is 407 g/mol. The first-order valence-electron chi connectivity index (χ1n) is 9.50. The zero-order valence-corrected chi connectivity index (χ0v) is 15.8. The largest absolute Gasteiger partial charge is 0.493 e. The van der Waals surface area contributed by atoms with Crippen LogP contribution in [0.25, 0.3) is 11.7 Å². The molecular weight excluding hydrogens is 389 g/mol. The lowest BCUT2D eigenvalue weighted by molar-refractivity contribution is 0.454. The molecule has 1 fully saturated rings. The van der Waals surface area contributed by atoms with Crippen LogP contribution in [0.2, 0.25) is 0 Å². The highest BCUT2D eigenvalue weighted by atomic mass is 19.1. The quantitative estimate of drug-likeness (QED) is 0.390. The molecule has 9 nitrogen and oxygen atoms in total. The summed E-state index contributed by atoms with van der Waals surface area (Å²) >= 11 is 0. The van der Waals surface area contributed by atoms with Crippen LogP contribution in [0.15, 0.2) is 46.3 Å². The van der Waals surface area contributed by atoms with E-state index in [0.717, 1.165) is 12.8 Å². The number of H-pyrrole nitrogens is 2. The number of rotatable bonds is 5. The molecule has 0 atom stereocenters. The Morgan fingerprint density at radius 1 is 1.33 bits per heavy atom. The van der Waals surface area contributed by atoms with E-state index in [1.165, 1.54) is 6.07 Å². The van der Waals surface area contributed by atoms with Crippen molar-refractivity contribution in [3.8, 4) is 5.88 Å². The molecule has 0 aliphatic heterocycles. The number of anilines is 1. The molecule has 30 heavy (non-hydrogen) atoms. The van der Waals surface area contributed by atoms with Crippen molar-refractivity contribution < 1.29 is 9.50 Å². The Hall–Kier alpha value is -3.95. The smallest absolute Gasteiger partial charge is 0.326 e. The Bertz CT molecular complexity index is 1420. The van der Waals surface area contributed by atoms with Crippen molar-refractivity contribution in [2.45, 2.75) is 25.4 Å². The third kappa shape index (κ3) is 3.54. The minimum atomic E-state index is -0.514. The van der Waals surface area contributed by atoms with Crippen LogP contribution in [-0.2, 0) is 6.54 Å². The van der Waals surface area contributed by atoms with Crippen molar-refractivity contribution in [2.75, 3.05) is 5.32 Å². The number of halogens is 1. The summed E-state index contributed by atoms with van der Waals surface area (Å²) in [5.74, 6) is -0.0395. The van der Waals surface area contributed by atoms with E-state index in [1.54, 1.807) is 41.1 Å². The van der Waals surface area contributed by atoms with Gasteiger partial charge in [-0.2, -0.15) is 9.61 Å². The number of nitrogens with zero attached hydrogens (tertiary/aromatic N) is 4. The molecule has 0 radical (unpaired) electrons. The van der Waals surface area contributed by atoms with E-state index in [9.17, 15) is 14.3 Å². The SMILES string of the molecule is O=c1[nH]c(O)c(C=c2cnn3c(=NC4CC4)cc(NCc4ccccc4F)nc23)[nH]1. The maximum Gasteiger partial charge on any atom is 0.326 e. The summed E-state index contributed by atoms with van der Waals surface area (Å²) in [6.07, 6.45) is 5.21. The molecule has 4 N–H and O–H groups in total. The standard InChI is InChI=1S/C20H18FN7O2/c21-14-4-2-1-3-11(14)9-22-16-8-17(24-13-5-6-13)28-18(26-16)12(10-23-28)7-15-19(29)27-20(30)25-15/h1-4,7-8,10,13,22,29H,5-6,9H2,(H2,25,27,30). The Morgan fingerprint density at radius 3 is 2.90 bits per heavy atom. The van der Waals surface area contributed by atoms with Crippen LogP contribution in [0.3, 0.4) is 0 Å². The Morgan fingerprint density at radius 2 is 2.17 bits per heavy atom. The van der Waals surface area contributed by atoms with E-state index in [1.807, 2.05) is 0 Å². The Balaban J connectivity index is 1.60. The van der Waals surface area contributed by atoms with Gasteiger partial charge in [-0.25, -0.2) is 14.2 Å². The third-order valence-electron chi connectivity index (χ3n) is 4.79. The van der Waals surface area contributed by atoms with Gasteiger partial charge < -0.3 is 15.4 Å². The zero-order valence-electron chi connectivity index (χ0n) is 15.8. The molecular formula is C20H18FN7O2. The van der Waals surface area contributed by atoms with Crippen molar-refractivity contribution in [1.29, 1.82) is 0 Å². The summed E-state index contributed by atoms with van der Waals surface area (Å²) in [5, 5.41) is 17.9. The number of aromatic amines is 2. The number of hydrogen-bond donors (Lipinski definition) is 4. The van der Waals surface area contributed by atoms with Crippen molar-refractivity contribution in [2.24, 2.45) is 4.99 Å². The molecule has 0 saturated heterocycles. The van der Waals surface area contributed by atoms with E-state index in [2.05, 4.69) is 25.4 Å². The molecule has 1 aromatic carbocycles. The molecule has 10 heteroatoms. The van der Waals surface area contributed by atoms with Crippen LogP contribution in [0.1, 0.15) is 24.1 Å². The molecule has 0 spiro atoms. The summed E-state index contributed by atoms with van der Waals surface area (Å²) in [4.78, 5) is 25.5. The topological polar surface area (TPSA) is 123 Å². The molecule has 152 valence electrons. The number of aromatic hydroxyl groups is 1. The van der Waals surface area contributed by atoms with Crippen molar-refractivity contribution in [3.63, 3.8) is 0 Å². The molecule has 1 saturated carbocycles. The fourth-order valence-electron chi connectivity index (χ4n) is 3.11. The minimum Gasteiger partial charge on any atom is -0.493 e. The van der Waals surface area contributed by atoms with E-state index < -0.39 is 5.69 Å². The predicted octanol–water partition coefficient (Wildman–Crippen LogP) is 0.813. The van der Waals surface area contributed by atoms with Gasteiger partial charge in [-0.05, 0) is 25.0 Å². The van der Waals surface area contributed by atoms with E-state index in [4.69, 9.17) is 4.99 Å². The molecule has 4 aromatic rings. The predicted molar refractivity (Wildman–Crippen MR) is 107 cm³/mol. The average Bonchev–Trinajstić information content (AvgIpc) is 3.36. The Labute approximate surface area is 168 Å². The van der Waals surface area contributed by atoms with E-state index >= 15 is 0 Å². The lowest BCUT2D eigenvalue weighted by atomic mass is 10.2. The molecule has 3 aromatic heterocycles. The van der Waals surface area contributed by atoms with E-state index in [-0.39, 0.29) is 30.0 Å². The van der Waals surface area contributed by atoms with Gasteiger partial charge in [0.2, 0.25) is 5.88 Å². The zero-order chi connectivity index (χ0) is 20.7. The highest BCUT2D eigenvalue weighted by Crippen LogP contribution is 2.22. The second-order valence-corrected chi connectivity index (χ2v) is 7.13. The first kappa shape index (κ1) is 18.1. The van der Waals surface area contributed by atoms with Crippen LogP contribution in [0, 0.1) is 5.82 Å². The molecule has 0 bridgehead atoms. The van der Waals surface area contributed by atoms with Crippen LogP contribution in [0.5, 0.6) is 5.88 Å². The van der Waals surface area contributed by atoms with Crippen molar-refractivity contribution in [1.82, 2.24) is 24.6 Å². The van der Waals surface area contributed by atoms with Crippen LogP contribution >= 0.6 is 0 Å². The van der Waals surface area contributed by atoms with Gasteiger partial charge >= 0.3 is 5.69 Å². The van der Waals surface area contributed by atoms with Gasteiger partial charge in [-0.1, -0.05) is 18.2 Å². The van der Waals surface area contributed by atoms with Gasteiger partial charge in [-0.15, -0.1) is 0 Å². The van der Waals surface area contributed by atoms with Crippen molar-refractivity contribution >= 4 is 17.5 Å². The summed E-state index contributed by atoms with van der Waals surface area (Å²) in [6, 6.07) is 8.58. The second-order valence-electron chi connectivity index (χ2n) is 7.13. The summed E-state index contributed by atoms with van der Waals surface area (Å²) in [6.45, 7) is 0.262. The van der Waals surface area contributed by atoms with Crippen LogP contribution in [0.4, 0.5) is 10.2 Å². The fraction of sp³-hybridized carbons (Fsp3) is 0.200. The molecule has 5 rings (SSSR count). The number of hydrogen-bond acceptors (Lipinski definition) is 6. The van der Waals surface area contributed by atoms with Gasteiger partial charge in [0, 0.05) is 23.4 Å². The highest BCUT2D eigenvalue weighted by molar-refractivity contribution is 5.57. The number of aromatic nitrogens is 5. The van der Waals surface area contributed by atoms with Gasteiger partial charge in [0.05, 0.1) is 12.2 Å². The van der Waals surface area contributed by atoms with Crippen LogP contribution in [-0.4, -0.2) is 35.7 Å². The lowest BCUT2D eigenvalue weighted by Gasteiger charge is -2.07. The Kier molecular flexibility index (Phi) is 4.31. The molecule has 1 aliphatic rings.